The maximum absolute atomic E-state index is 13.5. The second kappa shape index (κ2) is 10.8. The molecule has 0 saturated carbocycles. The summed E-state index contributed by atoms with van der Waals surface area (Å²) < 4.78 is 69.4. The summed E-state index contributed by atoms with van der Waals surface area (Å²) >= 11 is 0. The second-order valence-electron chi connectivity index (χ2n) is 8.87. The third-order valence-electron chi connectivity index (χ3n) is 6.03. The van der Waals surface area contributed by atoms with Crippen LogP contribution < -0.4 is 15.2 Å². The molecule has 0 saturated heterocycles. The molecule has 39 heavy (non-hydrogen) atoms. The Balaban J connectivity index is 1.82. The number of rotatable bonds is 8. The number of H-pyrrole nitrogens is 1. The second-order valence-corrected chi connectivity index (χ2v) is 10.4. The third kappa shape index (κ3) is 6.39. The Morgan fingerprint density at radius 2 is 1.82 bits per heavy atom. The highest BCUT2D eigenvalue weighted by molar-refractivity contribution is 7.89. The lowest BCUT2D eigenvalue weighted by atomic mass is 9.99. The minimum Gasteiger partial charge on any atom is -0.405 e. The number of nitrogens with zero attached hydrogens (tertiary/aromatic N) is 1. The van der Waals surface area contributed by atoms with Gasteiger partial charge in [0.05, 0.1) is 12.5 Å². The standard InChI is InChI=1S/C27H23F3N4O4S/c1-16-6-8-17(9-7-16)21-10-11-23(38-27(28,29)30)24(25(21)39(32,36)37)26(35)34-19(12-13-31)14-18-15-33-22-5-3-2-4-20(18)22/h2-11,15,19,33H,12,14H2,1H3,(H,34,35)(H2,32,36,37). The molecular weight excluding hydrogens is 533 g/mol. The first-order valence-corrected chi connectivity index (χ1v) is 13.2. The number of hydrogen-bond acceptors (Lipinski definition) is 5. The summed E-state index contributed by atoms with van der Waals surface area (Å²) in [5.74, 6) is -2.23. The van der Waals surface area contributed by atoms with Gasteiger partial charge in [-0.15, -0.1) is 13.2 Å². The Bertz CT molecular complexity index is 1670. The van der Waals surface area contributed by atoms with Crippen molar-refractivity contribution < 1.29 is 31.1 Å². The first-order chi connectivity index (χ1) is 18.4. The number of carbonyl (C=O) groups excluding carboxylic acids is 1. The number of sulfonamides is 1. The molecule has 3 aromatic carbocycles. The zero-order chi connectivity index (χ0) is 28.4. The zero-order valence-electron chi connectivity index (χ0n) is 20.5. The number of ether oxygens (including phenoxy) is 1. The SMILES string of the molecule is Cc1ccc(-c2ccc(OC(F)(F)F)c(C(=O)NC(CC#N)Cc3c[nH]c4ccccc34)c2S(N)(=O)=O)cc1. The van der Waals surface area contributed by atoms with Crippen LogP contribution in [0.1, 0.15) is 27.9 Å². The number of halogens is 3. The maximum Gasteiger partial charge on any atom is 0.573 e. The zero-order valence-corrected chi connectivity index (χ0v) is 21.4. The van der Waals surface area contributed by atoms with Crippen LogP contribution in [0.3, 0.4) is 0 Å². The van der Waals surface area contributed by atoms with Crippen molar-refractivity contribution in [2.24, 2.45) is 5.14 Å². The number of primary sulfonamides is 1. The minimum absolute atomic E-state index is 0.0781. The Labute approximate surface area is 222 Å². The van der Waals surface area contributed by atoms with Crippen LogP contribution in [0.15, 0.2) is 71.8 Å². The predicted octanol–water partition coefficient (Wildman–Crippen LogP) is 4.94. The number of alkyl halides is 3. The Kier molecular flexibility index (Phi) is 7.67. The van der Waals surface area contributed by atoms with Gasteiger partial charge in [0.25, 0.3) is 5.91 Å². The average molecular weight is 557 g/mol. The average Bonchev–Trinajstić information content (AvgIpc) is 3.25. The lowest BCUT2D eigenvalue weighted by Crippen LogP contribution is -2.38. The van der Waals surface area contributed by atoms with E-state index in [4.69, 9.17) is 5.14 Å². The van der Waals surface area contributed by atoms with E-state index < -0.39 is 44.5 Å². The van der Waals surface area contributed by atoms with Crippen molar-refractivity contribution in [3.63, 3.8) is 0 Å². The number of benzene rings is 3. The summed E-state index contributed by atoms with van der Waals surface area (Å²) in [6, 6.07) is 16.8. The van der Waals surface area contributed by atoms with Crippen molar-refractivity contribution in [1.29, 1.82) is 5.26 Å². The monoisotopic (exact) mass is 556 g/mol. The van der Waals surface area contributed by atoms with E-state index in [2.05, 4.69) is 15.0 Å². The Hall–Kier alpha value is -4.34. The van der Waals surface area contributed by atoms with E-state index in [1.807, 2.05) is 30.3 Å². The molecule has 4 rings (SSSR count). The number of aromatic nitrogens is 1. The topological polar surface area (TPSA) is 138 Å². The maximum atomic E-state index is 13.5. The van der Waals surface area contributed by atoms with Crippen LogP contribution in [0.2, 0.25) is 0 Å². The highest BCUT2D eigenvalue weighted by atomic mass is 32.2. The van der Waals surface area contributed by atoms with Crippen LogP contribution in [0, 0.1) is 18.3 Å². The molecule has 1 aromatic heterocycles. The fourth-order valence-electron chi connectivity index (χ4n) is 4.35. The summed E-state index contributed by atoms with van der Waals surface area (Å²) in [7, 11) is -4.75. The summed E-state index contributed by atoms with van der Waals surface area (Å²) in [5.41, 5.74) is 1.74. The van der Waals surface area contributed by atoms with Gasteiger partial charge < -0.3 is 15.0 Å². The lowest BCUT2D eigenvalue weighted by molar-refractivity contribution is -0.274. The van der Waals surface area contributed by atoms with Crippen molar-refractivity contribution in [2.75, 3.05) is 0 Å². The molecule has 1 heterocycles. The first kappa shape index (κ1) is 27.7. The number of para-hydroxylation sites is 1. The molecule has 8 nitrogen and oxygen atoms in total. The molecule has 4 aromatic rings. The van der Waals surface area contributed by atoms with Gasteiger partial charge in [0.15, 0.2) is 0 Å². The smallest absolute Gasteiger partial charge is 0.405 e. The molecule has 1 atom stereocenters. The number of fused-ring (bicyclic) bond motifs is 1. The third-order valence-corrected chi connectivity index (χ3v) is 7.03. The number of hydrogen-bond donors (Lipinski definition) is 3. The number of nitrogens with one attached hydrogen (secondary N) is 2. The van der Waals surface area contributed by atoms with Crippen molar-refractivity contribution in [2.45, 2.75) is 37.1 Å². The van der Waals surface area contributed by atoms with E-state index >= 15 is 0 Å². The largest absolute Gasteiger partial charge is 0.573 e. The molecule has 0 aliphatic heterocycles. The first-order valence-electron chi connectivity index (χ1n) is 11.6. The van der Waals surface area contributed by atoms with Crippen molar-refractivity contribution >= 4 is 26.8 Å². The van der Waals surface area contributed by atoms with Gasteiger partial charge in [0.1, 0.15) is 16.2 Å². The van der Waals surface area contributed by atoms with Crippen LogP contribution in [0.5, 0.6) is 5.75 Å². The normalized spacial score (nSPS) is 12.6. The van der Waals surface area contributed by atoms with Crippen LogP contribution >= 0.6 is 0 Å². The quantitative estimate of drug-likeness (QED) is 0.282. The van der Waals surface area contributed by atoms with Crippen LogP contribution in [0.25, 0.3) is 22.0 Å². The predicted molar refractivity (Wildman–Crippen MR) is 138 cm³/mol. The summed E-state index contributed by atoms with van der Waals surface area (Å²) in [5, 5.41) is 18.2. The molecule has 4 N–H and O–H groups in total. The molecule has 0 radical (unpaired) electrons. The highest BCUT2D eigenvalue weighted by Gasteiger charge is 2.36. The molecule has 1 amide bonds. The molecule has 1 unspecified atom stereocenters. The molecule has 0 aliphatic rings. The van der Waals surface area contributed by atoms with Gasteiger partial charge in [-0.25, -0.2) is 13.6 Å². The summed E-state index contributed by atoms with van der Waals surface area (Å²) in [4.78, 5) is 15.8. The number of aromatic amines is 1. The molecule has 202 valence electrons. The fourth-order valence-corrected chi connectivity index (χ4v) is 5.32. The number of amides is 1. The van der Waals surface area contributed by atoms with Crippen molar-refractivity contribution in [3.05, 3.63) is 83.6 Å². The Morgan fingerprint density at radius 1 is 1.13 bits per heavy atom. The Morgan fingerprint density at radius 3 is 2.46 bits per heavy atom. The van der Waals surface area contributed by atoms with Crippen LogP contribution in [-0.4, -0.2) is 31.7 Å². The van der Waals surface area contributed by atoms with Gasteiger partial charge in [0, 0.05) is 28.7 Å². The van der Waals surface area contributed by atoms with E-state index in [0.29, 0.717) is 5.56 Å². The molecule has 0 bridgehead atoms. The van der Waals surface area contributed by atoms with Gasteiger partial charge in [-0.3, -0.25) is 4.79 Å². The number of aryl methyl sites for hydroxylation is 1. The molecular formula is C27H23F3N4O4S. The van der Waals surface area contributed by atoms with Gasteiger partial charge in [-0.2, -0.15) is 5.26 Å². The van der Waals surface area contributed by atoms with Crippen LogP contribution in [0.4, 0.5) is 13.2 Å². The van der Waals surface area contributed by atoms with E-state index in [1.54, 1.807) is 37.4 Å². The van der Waals surface area contributed by atoms with E-state index in [1.165, 1.54) is 0 Å². The van der Waals surface area contributed by atoms with E-state index in [9.17, 15) is 31.6 Å². The van der Waals surface area contributed by atoms with Gasteiger partial charge in [-0.05, 0) is 42.7 Å². The van der Waals surface area contributed by atoms with Gasteiger partial charge >= 0.3 is 6.36 Å². The van der Waals surface area contributed by atoms with E-state index in [-0.39, 0.29) is 18.4 Å². The van der Waals surface area contributed by atoms with Gasteiger partial charge in [-0.1, -0.05) is 48.0 Å². The van der Waals surface area contributed by atoms with Crippen molar-refractivity contribution in [3.8, 4) is 22.9 Å². The van der Waals surface area contributed by atoms with Gasteiger partial charge in [0.2, 0.25) is 10.0 Å². The molecule has 0 spiro atoms. The fraction of sp³-hybridized carbons (Fsp3) is 0.185. The number of nitriles is 1. The summed E-state index contributed by atoms with van der Waals surface area (Å²) in [6.45, 7) is 1.80. The summed E-state index contributed by atoms with van der Waals surface area (Å²) in [6.07, 6.45) is -3.59. The van der Waals surface area contributed by atoms with Crippen LogP contribution in [-0.2, 0) is 16.4 Å². The highest BCUT2D eigenvalue weighted by Crippen LogP contribution is 2.37. The lowest BCUT2D eigenvalue weighted by Gasteiger charge is -2.21. The molecule has 0 aliphatic carbocycles. The molecule has 12 heteroatoms. The molecule has 0 fully saturated rings. The number of nitrogens with two attached hydrogens (primary N) is 1. The van der Waals surface area contributed by atoms with Crippen molar-refractivity contribution in [1.82, 2.24) is 10.3 Å². The van der Waals surface area contributed by atoms with E-state index in [0.717, 1.165) is 34.2 Å². The minimum atomic E-state index is -5.23. The number of carbonyl (C=O) groups is 1.